The van der Waals surface area contributed by atoms with Gasteiger partial charge >= 0.3 is 0 Å². The zero-order valence-electron chi connectivity index (χ0n) is 13.2. The minimum Gasteiger partial charge on any atom is -0.352 e. The summed E-state index contributed by atoms with van der Waals surface area (Å²) in [4.78, 5) is 21.4. The van der Waals surface area contributed by atoms with E-state index in [4.69, 9.17) is 0 Å². The zero-order valence-corrected chi connectivity index (χ0v) is 13.2. The maximum Gasteiger partial charge on any atom is 0.251 e. The molecule has 0 bridgehead atoms. The first-order chi connectivity index (χ1) is 11.3. The summed E-state index contributed by atoms with van der Waals surface area (Å²) in [6, 6.07) is 10.0. The molecule has 1 saturated heterocycles. The monoisotopic (exact) mass is 312 g/mol. The molecule has 0 N–H and O–H groups in total. The molecule has 0 radical (unpaired) electrons. The van der Waals surface area contributed by atoms with Gasteiger partial charge in [-0.1, -0.05) is 18.2 Å². The van der Waals surface area contributed by atoms with Gasteiger partial charge in [-0.25, -0.2) is 0 Å². The Morgan fingerprint density at radius 3 is 2.57 bits per heavy atom. The van der Waals surface area contributed by atoms with Gasteiger partial charge in [0.05, 0.1) is 6.20 Å². The van der Waals surface area contributed by atoms with E-state index in [2.05, 4.69) is 27.0 Å². The fourth-order valence-electron chi connectivity index (χ4n) is 2.66. The predicted octanol–water partition coefficient (Wildman–Crippen LogP) is 1.31. The Hall–Kier alpha value is -2.70. The molecule has 2 heterocycles. The molecule has 1 aliphatic rings. The molecule has 0 spiro atoms. The molecule has 0 aliphatic carbocycles. The van der Waals surface area contributed by atoms with Crippen LogP contribution in [0, 0.1) is 0 Å². The summed E-state index contributed by atoms with van der Waals surface area (Å²) in [5.41, 5.74) is 1.04. The third-order valence-corrected chi connectivity index (χ3v) is 3.95. The molecule has 7 heteroatoms. The van der Waals surface area contributed by atoms with E-state index in [1.807, 2.05) is 35.2 Å². The lowest BCUT2D eigenvalue weighted by Gasteiger charge is -2.33. The van der Waals surface area contributed by atoms with E-state index >= 15 is 0 Å². The van der Waals surface area contributed by atoms with E-state index < -0.39 is 0 Å². The third kappa shape index (κ3) is 3.39. The van der Waals surface area contributed by atoms with Crippen molar-refractivity contribution < 1.29 is 4.79 Å². The highest BCUT2D eigenvalue weighted by molar-refractivity contribution is 5.58. The number of nitrogens with zero attached hydrogens (tertiary/aromatic N) is 6. The summed E-state index contributed by atoms with van der Waals surface area (Å²) in [7, 11) is 0. The quantitative estimate of drug-likeness (QED) is 0.776. The van der Waals surface area contributed by atoms with Crippen molar-refractivity contribution in [2.45, 2.75) is 6.92 Å². The number of hydrogen-bond acceptors (Lipinski definition) is 6. The van der Waals surface area contributed by atoms with Gasteiger partial charge in [0.1, 0.15) is 0 Å². The van der Waals surface area contributed by atoms with Crippen molar-refractivity contribution in [3.63, 3.8) is 0 Å². The summed E-state index contributed by atoms with van der Waals surface area (Å²) in [5, 5.41) is 8.30. The van der Waals surface area contributed by atoms with Gasteiger partial charge in [-0.05, 0) is 19.1 Å². The summed E-state index contributed by atoms with van der Waals surface area (Å²) in [5.74, 6) is 1.39. The van der Waals surface area contributed by atoms with Gasteiger partial charge in [0.15, 0.2) is 5.82 Å². The van der Waals surface area contributed by atoms with Crippen LogP contribution in [0.1, 0.15) is 6.92 Å². The number of carbonyl (C=O) groups is 1. The first-order valence-corrected chi connectivity index (χ1v) is 7.78. The van der Waals surface area contributed by atoms with Crippen LogP contribution in [-0.2, 0) is 4.79 Å². The Balaban J connectivity index is 1.80. The molecule has 1 aromatic heterocycles. The number of amides is 1. The Morgan fingerprint density at radius 2 is 1.91 bits per heavy atom. The summed E-state index contributed by atoms with van der Waals surface area (Å²) >= 11 is 0. The van der Waals surface area contributed by atoms with Crippen LogP contribution in [-0.4, -0.2) is 59.2 Å². The number of hydrogen-bond donors (Lipinski definition) is 0. The van der Waals surface area contributed by atoms with Gasteiger partial charge in [-0.2, -0.15) is 10.1 Å². The molecule has 0 atom stereocenters. The van der Waals surface area contributed by atoms with E-state index in [-0.39, 0.29) is 0 Å². The molecule has 3 rings (SSSR count). The largest absolute Gasteiger partial charge is 0.352 e. The van der Waals surface area contributed by atoms with Crippen LogP contribution < -0.4 is 9.80 Å². The first kappa shape index (κ1) is 15.2. The molecule has 0 unspecified atom stereocenters. The normalized spacial score (nSPS) is 14.7. The van der Waals surface area contributed by atoms with Crippen molar-refractivity contribution in [1.29, 1.82) is 0 Å². The molecule has 23 heavy (non-hydrogen) atoms. The second-order valence-electron chi connectivity index (χ2n) is 5.32. The average Bonchev–Trinajstić information content (AvgIpc) is 2.64. The van der Waals surface area contributed by atoms with Gasteiger partial charge in [0, 0.05) is 38.4 Å². The van der Waals surface area contributed by atoms with Gasteiger partial charge in [-0.3, -0.25) is 4.79 Å². The number of anilines is 3. The van der Waals surface area contributed by atoms with E-state index in [1.54, 1.807) is 11.1 Å². The van der Waals surface area contributed by atoms with Crippen molar-refractivity contribution in [3.8, 4) is 0 Å². The van der Waals surface area contributed by atoms with Crippen LogP contribution in [0.25, 0.3) is 0 Å². The number of benzene rings is 1. The van der Waals surface area contributed by atoms with Gasteiger partial charge < -0.3 is 14.7 Å². The fraction of sp³-hybridized carbons (Fsp3) is 0.375. The smallest absolute Gasteiger partial charge is 0.251 e. The maximum absolute atomic E-state index is 10.8. The predicted molar refractivity (Wildman–Crippen MR) is 88.8 cm³/mol. The Kier molecular flexibility index (Phi) is 4.65. The molecule has 7 nitrogen and oxygen atoms in total. The van der Waals surface area contributed by atoms with Crippen LogP contribution in [0.15, 0.2) is 36.5 Å². The molecule has 1 fully saturated rings. The van der Waals surface area contributed by atoms with Crippen molar-refractivity contribution in [2.24, 2.45) is 0 Å². The Morgan fingerprint density at radius 1 is 1.17 bits per heavy atom. The van der Waals surface area contributed by atoms with Crippen LogP contribution >= 0.6 is 0 Å². The first-order valence-electron chi connectivity index (χ1n) is 7.78. The molecule has 1 aliphatic heterocycles. The Labute approximate surface area is 135 Å². The number of para-hydroxylation sites is 1. The van der Waals surface area contributed by atoms with Crippen LogP contribution in [0.4, 0.5) is 17.5 Å². The minimum atomic E-state index is 0.592. The molecular formula is C16H20N6O. The van der Waals surface area contributed by atoms with Gasteiger partial charge in [-0.15, -0.1) is 5.10 Å². The summed E-state index contributed by atoms with van der Waals surface area (Å²) in [6.07, 6.45) is 2.58. The summed E-state index contributed by atoms with van der Waals surface area (Å²) in [6.45, 7) is 5.75. The van der Waals surface area contributed by atoms with E-state index in [9.17, 15) is 4.79 Å². The highest BCUT2D eigenvalue weighted by atomic mass is 16.1. The molecule has 1 aromatic carbocycles. The van der Waals surface area contributed by atoms with Gasteiger partial charge in [0.25, 0.3) is 5.95 Å². The fourth-order valence-corrected chi connectivity index (χ4v) is 2.66. The third-order valence-electron chi connectivity index (χ3n) is 3.95. The SMILES string of the molecule is CCN(c1ccccc1)c1nncc(N2CCN(C=O)CC2)n1. The molecule has 1 amide bonds. The molecule has 120 valence electrons. The van der Waals surface area contributed by atoms with Crippen molar-refractivity contribution in [1.82, 2.24) is 20.1 Å². The topological polar surface area (TPSA) is 65.5 Å². The van der Waals surface area contributed by atoms with Crippen molar-refractivity contribution in [2.75, 3.05) is 42.5 Å². The lowest BCUT2D eigenvalue weighted by Crippen LogP contribution is -2.46. The molecule has 2 aromatic rings. The highest BCUT2D eigenvalue weighted by Gasteiger charge is 2.19. The standard InChI is InChI=1S/C16H20N6O/c1-2-22(14-6-4-3-5-7-14)16-18-15(12-17-19-16)21-10-8-20(13-23)9-11-21/h3-7,12-13H,2,8-11H2,1H3. The molecular weight excluding hydrogens is 292 g/mol. The number of piperazine rings is 1. The second-order valence-corrected chi connectivity index (χ2v) is 5.32. The van der Waals surface area contributed by atoms with E-state index in [0.29, 0.717) is 19.0 Å². The van der Waals surface area contributed by atoms with E-state index in [0.717, 1.165) is 37.5 Å². The van der Waals surface area contributed by atoms with Crippen LogP contribution in [0.3, 0.4) is 0 Å². The number of aromatic nitrogens is 3. The van der Waals surface area contributed by atoms with Crippen LogP contribution in [0.2, 0.25) is 0 Å². The minimum absolute atomic E-state index is 0.592. The Bertz CT molecular complexity index is 642. The van der Waals surface area contributed by atoms with E-state index in [1.165, 1.54) is 0 Å². The van der Waals surface area contributed by atoms with Crippen LogP contribution in [0.5, 0.6) is 0 Å². The second kappa shape index (κ2) is 7.04. The maximum atomic E-state index is 10.8. The number of carbonyl (C=O) groups excluding carboxylic acids is 1. The highest BCUT2D eigenvalue weighted by Crippen LogP contribution is 2.22. The van der Waals surface area contributed by atoms with Crippen molar-refractivity contribution >= 4 is 23.9 Å². The van der Waals surface area contributed by atoms with Gasteiger partial charge in [0.2, 0.25) is 6.41 Å². The van der Waals surface area contributed by atoms with Crippen molar-refractivity contribution in [3.05, 3.63) is 36.5 Å². The average molecular weight is 312 g/mol. The lowest BCUT2D eigenvalue weighted by molar-refractivity contribution is -0.118. The lowest BCUT2D eigenvalue weighted by atomic mass is 10.3. The number of rotatable bonds is 5. The zero-order chi connectivity index (χ0) is 16.1. The molecule has 0 saturated carbocycles. The summed E-state index contributed by atoms with van der Waals surface area (Å²) < 4.78 is 0.